The summed E-state index contributed by atoms with van der Waals surface area (Å²) >= 11 is 0. The molecule has 1 fully saturated rings. The van der Waals surface area contributed by atoms with E-state index >= 15 is 0 Å². The fourth-order valence-corrected chi connectivity index (χ4v) is 2.58. The van der Waals surface area contributed by atoms with Crippen LogP contribution in [-0.4, -0.2) is 16.0 Å². The van der Waals surface area contributed by atoms with E-state index in [2.05, 4.69) is 15.3 Å². The van der Waals surface area contributed by atoms with Gasteiger partial charge in [-0.25, -0.2) is 14.4 Å². The molecule has 3 rings (SSSR count). The van der Waals surface area contributed by atoms with Crippen LogP contribution in [0.5, 0.6) is 0 Å². The first-order valence-corrected chi connectivity index (χ1v) is 6.50. The molecule has 2 aromatic rings. The van der Waals surface area contributed by atoms with Crippen molar-refractivity contribution in [3.05, 3.63) is 30.3 Å². The highest BCUT2D eigenvalue weighted by molar-refractivity contribution is 5.88. The van der Waals surface area contributed by atoms with Gasteiger partial charge in [0, 0.05) is 11.4 Å². The van der Waals surface area contributed by atoms with Crippen molar-refractivity contribution in [3.8, 4) is 0 Å². The van der Waals surface area contributed by atoms with Gasteiger partial charge in [-0.2, -0.15) is 0 Å². The second-order valence-electron chi connectivity index (χ2n) is 4.86. The van der Waals surface area contributed by atoms with E-state index in [1.54, 1.807) is 6.07 Å². The van der Waals surface area contributed by atoms with Gasteiger partial charge in [0.05, 0.1) is 5.52 Å². The van der Waals surface area contributed by atoms with Gasteiger partial charge < -0.3 is 5.32 Å². The molecule has 4 heteroatoms. The van der Waals surface area contributed by atoms with Crippen LogP contribution in [-0.2, 0) is 0 Å². The second kappa shape index (κ2) is 4.88. The van der Waals surface area contributed by atoms with Gasteiger partial charge in [0.2, 0.25) is 0 Å². The Hall–Kier alpha value is -1.71. The number of hydrogen-bond donors (Lipinski definition) is 1. The number of halogens is 1. The number of fused-ring (bicyclic) bond motifs is 1. The van der Waals surface area contributed by atoms with Crippen molar-refractivity contribution in [3.63, 3.8) is 0 Å². The summed E-state index contributed by atoms with van der Waals surface area (Å²) in [6.07, 6.45) is 7.70. The smallest absolute Gasteiger partial charge is 0.137 e. The molecule has 1 N–H and O–H groups in total. The summed E-state index contributed by atoms with van der Waals surface area (Å²) in [5, 5.41) is 4.20. The molecule has 18 heavy (non-hydrogen) atoms. The zero-order valence-corrected chi connectivity index (χ0v) is 10.2. The average Bonchev–Trinajstić information content (AvgIpc) is 2.41. The Morgan fingerprint density at radius 2 is 1.94 bits per heavy atom. The lowest BCUT2D eigenvalue weighted by Crippen LogP contribution is -2.23. The zero-order valence-electron chi connectivity index (χ0n) is 10.2. The molecule has 1 aromatic heterocycles. The predicted molar refractivity (Wildman–Crippen MR) is 70.0 cm³/mol. The van der Waals surface area contributed by atoms with E-state index in [9.17, 15) is 4.39 Å². The van der Waals surface area contributed by atoms with Crippen LogP contribution < -0.4 is 5.32 Å². The third-order valence-corrected chi connectivity index (χ3v) is 3.54. The summed E-state index contributed by atoms with van der Waals surface area (Å²) in [6, 6.07) is 5.08. The van der Waals surface area contributed by atoms with Gasteiger partial charge in [-0.15, -0.1) is 0 Å². The van der Waals surface area contributed by atoms with Crippen molar-refractivity contribution in [2.45, 2.75) is 38.1 Å². The normalized spacial score (nSPS) is 16.9. The van der Waals surface area contributed by atoms with Crippen molar-refractivity contribution in [1.29, 1.82) is 0 Å². The predicted octanol–water partition coefficient (Wildman–Crippen LogP) is 3.51. The molecule has 94 valence electrons. The van der Waals surface area contributed by atoms with Crippen LogP contribution in [0.4, 0.5) is 10.2 Å². The Bertz CT molecular complexity index is 550. The first kappa shape index (κ1) is 11.4. The molecule has 0 amide bonds. The van der Waals surface area contributed by atoms with Gasteiger partial charge in [0.15, 0.2) is 0 Å². The number of nitrogens with one attached hydrogen (secondary N) is 1. The Labute approximate surface area is 105 Å². The van der Waals surface area contributed by atoms with Crippen LogP contribution in [0, 0.1) is 5.82 Å². The maximum Gasteiger partial charge on any atom is 0.137 e. The third-order valence-electron chi connectivity index (χ3n) is 3.54. The Balaban J connectivity index is 1.92. The largest absolute Gasteiger partial charge is 0.367 e. The van der Waals surface area contributed by atoms with Crippen LogP contribution in [0.3, 0.4) is 0 Å². The van der Waals surface area contributed by atoms with Gasteiger partial charge in [-0.05, 0) is 31.0 Å². The van der Waals surface area contributed by atoms with Crippen LogP contribution >= 0.6 is 0 Å². The SMILES string of the molecule is Fc1ccc2ncnc(NC3CCCCC3)c2c1. The minimum absolute atomic E-state index is 0.246. The monoisotopic (exact) mass is 245 g/mol. The van der Waals surface area contributed by atoms with Crippen LogP contribution in [0.2, 0.25) is 0 Å². The van der Waals surface area contributed by atoms with E-state index in [1.807, 2.05) is 0 Å². The molecule has 1 aromatic carbocycles. The quantitative estimate of drug-likeness (QED) is 0.879. The zero-order chi connectivity index (χ0) is 12.4. The minimum Gasteiger partial charge on any atom is -0.367 e. The number of anilines is 1. The summed E-state index contributed by atoms with van der Waals surface area (Å²) in [7, 11) is 0. The summed E-state index contributed by atoms with van der Waals surface area (Å²) in [6.45, 7) is 0. The highest BCUT2D eigenvalue weighted by Gasteiger charge is 2.15. The van der Waals surface area contributed by atoms with Crippen molar-refractivity contribution in [2.24, 2.45) is 0 Å². The van der Waals surface area contributed by atoms with Gasteiger partial charge in [0.25, 0.3) is 0 Å². The van der Waals surface area contributed by atoms with E-state index in [0.29, 0.717) is 6.04 Å². The molecular weight excluding hydrogens is 229 g/mol. The van der Waals surface area contributed by atoms with Gasteiger partial charge in [-0.3, -0.25) is 0 Å². The first-order valence-electron chi connectivity index (χ1n) is 6.50. The van der Waals surface area contributed by atoms with Crippen LogP contribution in [0.15, 0.2) is 24.5 Å². The molecule has 0 unspecified atom stereocenters. The molecule has 0 atom stereocenters. The topological polar surface area (TPSA) is 37.8 Å². The molecule has 0 radical (unpaired) electrons. The van der Waals surface area contributed by atoms with E-state index < -0.39 is 0 Å². The molecular formula is C14H16FN3. The number of aromatic nitrogens is 2. The fraction of sp³-hybridized carbons (Fsp3) is 0.429. The van der Waals surface area contributed by atoms with Crippen molar-refractivity contribution in [2.75, 3.05) is 5.32 Å². The molecule has 1 aliphatic carbocycles. The lowest BCUT2D eigenvalue weighted by molar-refractivity contribution is 0.462. The van der Waals surface area contributed by atoms with E-state index in [4.69, 9.17) is 0 Å². The Morgan fingerprint density at radius 3 is 2.78 bits per heavy atom. The maximum absolute atomic E-state index is 13.3. The van der Waals surface area contributed by atoms with E-state index in [-0.39, 0.29) is 5.82 Å². The number of hydrogen-bond acceptors (Lipinski definition) is 3. The first-order chi connectivity index (χ1) is 8.83. The molecule has 1 saturated carbocycles. The Kier molecular flexibility index (Phi) is 3.09. The molecule has 1 aliphatic rings. The third kappa shape index (κ3) is 2.28. The number of nitrogens with zero attached hydrogens (tertiary/aromatic N) is 2. The number of benzene rings is 1. The fourth-order valence-electron chi connectivity index (χ4n) is 2.58. The summed E-state index contributed by atoms with van der Waals surface area (Å²) in [4.78, 5) is 8.41. The molecule has 0 bridgehead atoms. The highest BCUT2D eigenvalue weighted by Crippen LogP contribution is 2.25. The van der Waals surface area contributed by atoms with Gasteiger partial charge in [-0.1, -0.05) is 19.3 Å². The maximum atomic E-state index is 13.3. The molecule has 0 aliphatic heterocycles. The molecule has 0 spiro atoms. The highest BCUT2D eigenvalue weighted by atomic mass is 19.1. The minimum atomic E-state index is -0.246. The Morgan fingerprint density at radius 1 is 1.11 bits per heavy atom. The lowest BCUT2D eigenvalue weighted by Gasteiger charge is -2.23. The molecule has 0 saturated heterocycles. The van der Waals surface area contributed by atoms with Gasteiger partial charge in [0.1, 0.15) is 18.0 Å². The molecule has 3 nitrogen and oxygen atoms in total. The van der Waals surface area contributed by atoms with Crippen molar-refractivity contribution >= 4 is 16.7 Å². The summed E-state index contributed by atoms with van der Waals surface area (Å²) in [5.74, 6) is 0.510. The van der Waals surface area contributed by atoms with Gasteiger partial charge >= 0.3 is 0 Å². The second-order valence-corrected chi connectivity index (χ2v) is 4.86. The molecule has 1 heterocycles. The summed E-state index contributed by atoms with van der Waals surface area (Å²) < 4.78 is 13.3. The van der Waals surface area contributed by atoms with Crippen LogP contribution in [0.25, 0.3) is 10.9 Å². The van der Waals surface area contributed by atoms with Crippen molar-refractivity contribution < 1.29 is 4.39 Å². The number of rotatable bonds is 2. The lowest BCUT2D eigenvalue weighted by atomic mass is 9.95. The van der Waals surface area contributed by atoms with E-state index in [0.717, 1.165) is 16.7 Å². The summed E-state index contributed by atoms with van der Waals surface area (Å²) in [5.41, 5.74) is 0.782. The van der Waals surface area contributed by atoms with Crippen LogP contribution in [0.1, 0.15) is 32.1 Å². The van der Waals surface area contributed by atoms with E-state index in [1.165, 1.54) is 50.6 Å². The standard InChI is InChI=1S/C14H16FN3/c15-10-6-7-13-12(8-10)14(17-9-16-13)18-11-4-2-1-3-5-11/h6-9,11H,1-5H2,(H,16,17,18). The van der Waals surface area contributed by atoms with Crippen molar-refractivity contribution in [1.82, 2.24) is 9.97 Å². The average molecular weight is 245 g/mol.